The van der Waals surface area contributed by atoms with E-state index in [1.165, 1.54) is 0 Å². The minimum atomic E-state index is -0.221. The van der Waals surface area contributed by atoms with E-state index in [4.69, 9.17) is 15.2 Å². The van der Waals surface area contributed by atoms with E-state index in [0.29, 0.717) is 19.8 Å². The van der Waals surface area contributed by atoms with E-state index in [0.717, 1.165) is 0 Å². The number of rotatable bonds is 3. The summed E-state index contributed by atoms with van der Waals surface area (Å²) >= 11 is 0. The number of carbonyl (C=O) groups is 1. The molecule has 0 aromatic carbocycles. The van der Waals surface area contributed by atoms with E-state index >= 15 is 0 Å². The zero-order chi connectivity index (χ0) is 8.27. The first-order chi connectivity index (χ1) is 5.24. The summed E-state index contributed by atoms with van der Waals surface area (Å²) in [6, 6.07) is 0. The molecule has 0 spiro atoms. The molecule has 0 aliphatic carbocycles. The maximum atomic E-state index is 11.0. The highest BCUT2D eigenvalue weighted by atomic mass is 16.6. The maximum Gasteiger partial charge on any atom is 0.310 e. The lowest BCUT2D eigenvalue weighted by Gasteiger charge is -2.26. The van der Waals surface area contributed by atoms with Gasteiger partial charge in [0, 0.05) is 6.54 Å². The number of hydrogen-bond donors (Lipinski definition) is 1. The number of hydrogen-bond acceptors (Lipinski definition) is 4. The van der Waals surface area contributed by atoms with Gasteiger partial charge in [-0.3, -0.25) is 4.79 Å². The van der Waals surface area contributed by atoms with Crippen LogP contribution >= 0.6 is 0 Å². The van der Waals surface area contributed by atoms with Crippen molar-refractivity contribution >= 4 is 5.97 Å². The Hall–Kier alpha value is -0.610. The zero-order valence-corrected chi connectivity index (χ0v) is 6.58. The van der Waals surface area contributed by atoms with Crippen molar-refractivity contribution in [2.24, 2.45) is 11.7 Å². The van der Waals surface area contributed by atoms with E-state index in [1.54, 1.807) is 6.92 Å². The first kappa shape index (κ1) is 8.49. The third-order valence-electron chi connectivity index (χ3n) is 1.65. The average molecular weight is 159 g/mol. The molecule has 1 heterocycles. The van der Waals surface area contributed by atoms with Crippen LogP contribution < -0.4 is 5.73 Å². The van der Waals surface area contributed by atoms with Crippen LogP contribution in [0.25, 0.3) is 0 Å². The summed E-state index contributed by atoms with van der Waals surface area (Å²) in [7, 11) is 0. The Labute approximate surface area is 65.7 Å². The molecule has 1 saturated heterocycles. The van der Waals surface area contributed by atoms with Crippen molar-refractivity contribution in [1.82, 2.24) is 0 Å². The second-order valence-electron chi connectivity index (χ2n) is 2.73. The van der Waals surface area contributed by atoms with Crippen LogP contribution in [0.3, 0.4) is 0 Å². The fraction of sp³-hybridized carbons (Fsp3) is 0.857. The molecule has 64 valence electrons. The van der Waals surface area contributed by atoms with Crippen LogP contribution in [0.2, 0.25) is 0 Å². The van der Waals surface area contributed by atoms with E-state index in [2.05, 4.69) is 0 Å². The van der Waals surface area contributed by atoms with Crippen LogP contribution in [0.1, 0.15) is 6.92 Å². The Morgan fingerprint density at radius 2 is 2.45 bits per heavy atom. The lowest BCUT2D eigenvalue weighted by atomic mass is 10.2. The van der Waals surface area contributed by atoms with Crippen LogP contribution in [0.4, 0.5) is 0 Å². The predicted octanol–water partition coefficient (Wildman–Crippen LogP) is -0.477. The number of carbonyl (C=O) groups excluding carboxylic acids is 1. The SMILES string of the molecule is CC(CN)C(=O)OC1COC1. The van der Waals surface area contributed by atoms with Crippen LogP contribution in [0.5, 0.6) is 0 Å². The molecule has 0 aromatic rings. The van der Waals surface area contributed by atoms with E-state index < -0.39 is 0 Å². The standard InChI is InChI=1S/C7H13NO3/c1-5(2-8)7(9)11-6-3-10-4-6/h5-6H,2-4,8H2,1H3. The fourth-order valence-electron chi connectivity index (χ4n) is 0.659. The number of esters is 1. The van der Waals surface area contributed by atoms with Gasteiger partial charge >= 0.3 is 5.97 Å². The van der Waals surface area contributed by atoms with Crippen molar-refractivity contribution in [3.05, 3.63) is 0 Å². The monoisotopic (exact) mass is 159 g/mol. The third kappa shape index (κ3) is 2.17. The minimum Gasteiger partial charge on any atom is -0.457 e. The molecule has 4 heteroatoms. The summed E-state index contributed by atoms with van der Waals surface area (Å²) in [6.07, 6.45) is -0.0310. The van der Waals surface area contributed by atoms with Crippen molar-refractivity contribution in [3.63, 3.8) is 0 Å². The minimum absolute atomic E-state index is 0.0310. The molecule has 1 atom stereocenters. The second kappa shape index (κ2) is 3.69. The molecule has 1 rings (SSSR count). The van der Waals surface area contributed by atoms with Crippen molar-refractivity contribution in [3.8, 4) is 0 Å². The average Bonchev–Trinajstić information content (AvgIpc) is 1.94. The van der Waals surface area contributed by atoms with Crippen molar-refractivity contribution in [1.29, 1.82) is 0 Å². The molecule has 1 aliphatic heterocycles. The fourth-order valence-corrected chi connectivity index (χ4v) is 0.659. The van der Waals surface area contributed by atoms with Gasteiger partial charge in [-0.05, 0) is 0 Å². The summed E-state index contributed by atoms with van der Waals surface area (Å²) in [6.45, 7) is 3.15. The van der Waals surface area contributed by atoms with Crippen molar-refractivity contribution in [2.75, 3.05) is 19.8 Å². The second-order valence-corrected chi connectivity index (χ2v) is 2.73. The third-order valence-corrected chi connectivity index (χ3v) is 1.65. The normalized spacial score (nSPS) is 20.5. The molecule has 0 amide bonds. The lowest BCUT2D eigenvalue weighted by Crippen LogP contribution is -2.39. The summed E-state index contributed by atoms with van der Waals surface area (Å²) in [5, 5.41) is 0. The van der Waals surface area contributed by atoms with E-state index in [1.807, 2.05) is 0 Å². The lowest BCUT2D eigenvalue weighted by molar-refractivity contribution is -0.175. The molecule has 1 aliphatic rings. The van der Waals surface area contributed by atoms with Crippen LogP contribution in [-0.4, -0.2) is 31.8 Å². The van der Waals surface area contributed by atoms with Crippen molar-refractivity contribution < 1.29 is 14.3 Å². The topological polar surface area (TPSA) is 61.6 Å². The molecule has 4 nitrogen and oxygen atoms in total. The smallest absolute Gasteiger partial charge is 0.310 e. The summed E-state index contributed by atoms with van der Waals surface area (Å²) in [5.74, 6) is -0.420. The van der Waals surface area contributed by atoms with E-state index in [-0.39, 0.29) is 18.0 Å². The summed E-state index contributed by atoms with van der Waals surface area (Å²) in [5.41, 5.74) is 5.28. The Morgan fingerprint density at radius 3 is 2.82 bits per heavy atom. The molecule has 0 saturated carbocycles. The van der Waals surface area contributed by atoms with Gasteiger partial charge in [0.15, 0.2) is 0 Å². The Balaban J connectivity index is 2.19. The van der Waals surface area contributed by atoms with Gasteiger partial charge in [0.1, 0.15) is 6.10 Å². The zero-order valence-electron chi connectivity index (χ0n) is 6.58. The largest absolute Gasteiger partial charge is 0.457 e. The molecule has 11 heavy (non-hydrogen) atoms. The molecule has 0 aromatic heterocycles. The van der Waals surface area contributed by atoms with Gasteiger partial charge in [-0.15, -0.1) is 0 Å². The van der Waals surface area contributed by atoms with Gasteiger partial charge in [-0.2, -0.15) is 0 Å². The van der Waals surface area contributed by atoms with Gasteiger partial charge in [-0.25, -0.2) is 0 Å². The quantitative estimate of drug-likeness (QED) is 0.565. The van der Waals surface area contributed by atoms with Gasteiger partial charge < -0.3 is 15.2 Å². The molecule has 1 unspecified atom stereocenters. The highest BCUT2D eigenvalue weighted by Crippen LogP contribution is 2.08. The predicted molar refractivity (Wildman–Crippen MR) is 38.9 cm³/mol. The Morgan fingerprint density at radius 1 is 1.82 bits per heavy atom. The van der Waals surface area contributed by atoms with E-state index in [9.17, 15) is 4.79 Å². The molecule has 2 N–H and O–H groups in total. The van der Waals surface area contributed by atoms with Crippen LogP contribution in [-0.2, 0) is 14.3 Å². The first-order valence-electron chi connectivity index (χ1n) is 3.72. The van der Waals surface area contributed by atoms with Crippen molar-refractivity contribution in [2.45, 2.75) is 13.0 Å². The van der Waals surface area contributed by atoms with Gasteiger partial charge in [0.05, 0.1) is 19.1 Å². The number of ether oxygens (including phenoxy) is 2. The molecule has 0 bridgehead atoms. The van der Waals surface area contributed by atoms with Crippen LogP contribution in [0.15, 0.2) is 0 Å². The molecule has 0 radical (unpaired) electrons. The molecule has 1 fully saturated rings. The molecular weight excluding hydrogens is 146 g/mol. The summed E-state index contributed by atoms with van der Waals surface area (Å²) in [4.78, 5) is 11.0. The first-order valence-corrected chi connectivity index (χ1v) is 3.72. The number of nitrogens with two attached hydrogens (primary N) is 1. The van der Waals surface area contributed by atoms with Crippen LogP contribution in [0, 0.1) is 5.92 Å². The molecular formula is C7H13NO3. The maximum absolute atomic E-state index is 11.0. The van der Waals surface area contributed by atoms with Gasteiger partial charge in [-0.1, -0.05) is 6.92 Å². The highest BCUT2D eigenvalue weighted by molar-refractivity contribution is 5.72. The van der Waals surface area contributed by atoms with Gasteiger partial charge in [0.2, 0.25) is 0 Å². The Bertz CT molecular complexity index is 145. The van der Waals surface area contributed by atoms with Gasteiger partial charge in [0.25, 0.3) is 0 Å². The Kier molecular flexibility index (Phi) is 2.84. The highest BCUT2D eigenvalue weighted by Gasteiger charge is 2.24. The summed E-state index contributed by atoms with van der Waals surface area (Å²) < 4.78 is 9.84.